The van der Waals surface area contributed by atoms with Crippen LogP contribution in [0.25, 0.3) is 0 Å². The Morgan fingerprint density at radius 1 is 0.905 bits per heavy atom. The van der Waals surface area contributed by atoms with E-state index >= 15 is 0 Å². The molecule has 0 heterocycles. The number of hydrogen-bond donors (Lipinski definition) is 0. The minimum Gasteiger partial charge on any atom is -0.457 e. The lowest BCUT2D eigenvalue weighted by molar-refractivity contribution is -0.274. The van der Waals surface area contributed by atoms with Crippen LogP contribution in [0.15, 0.2) is 48.5 Å². The molecule has 0 aliphatic heterocycles. The van der Waals surface area contributed by atoms with Crippen molar-refractivity contribution in [2.75, 3.05) is 0 Å². The molecule has 111 valence electrons. The molecule has 5 heteroatoms. The molecule has 0 saturated heterocycles. The van der Waals surface area contributed by atoms with Crippen LogP contribution < -0.4 is 9.47 Å². The summed E-state index contributed by atoms with van der Waals surface area (Å²) in [7, 11) is 0. The number of halogens is 3. The molecule has 0 fully saturated rings. The van der Waals surface area contributed by atoms with Gasteiger partial charge in [-0.15, -0.1) is 13.2 Å². The van der Waals surface area contributed by atoms with Crippen LogP contribution in [0.4, 0.5) is 13.2 Å². The zero-order valence-electron chi connectivity index (χ0n) is 11.2. The molecule has 0 amide bonds. The normalized spacial score (nSPS) is 11.2. The highest BCUT2D eigenvalue weighted by molar-refractivity contribution is 5.39. The van der Waals surface area contributed by atoms with Crippen molar-refractivity contribution < 1.29 is 22.6 Å². The lowest BCUT2D eigenvalue weighted by atomic mass is 10.1. The summed E-state index contributed by atoms with van der Waals surface area (Å²) in [6, 6.07) is 12.8. The van der Waals surface area contributed by atoms with Crippen molar-refractivity contribution in [2.24, 2.45) is 0 Å². The SMILES string of the molecule is [CH2]CCc1ccccc1Oc1ccc(OC(F)(F)F)cc1. The molecular formula is C16H14F3O2. The van der Waals surface area contributed by atoms with E-state index in [9.17, 15) is 13.2 Å². The van der Waals surface area contributed by atoms with Crippen LogP contribution in [0.5, 0.6) is 17.2 Å². The first-order valence-corrected chi connectivity index (χ1v) is 6.39. The maximum atomic E-state index is 12.1. The minimum atomic E-state index is -4.69. The summed E-state index contributed by atoms with van der Waals surface area (Å²) in [6.45, 7) is 3.80. The van der Waals surface area contributed by atoms with Crippen LogP contribution in [0, 0.1) is 6.92 Å². The lowest BCUT2D eigenvalue weighted by Gasteiger charge is -2.12. The van der Waals surface area contributed by atoms with Gasteiger partial charge < -0.3 is 9.47 Å². The zero-order chi connectivity index (χ0) is 15.3. The third-order valence-electron chi connectivity index (χ3n) is 2.70. The smallest absolute Gasteiger partial charge is 0.457 e. The molecular weight excluding hydrogens is 281 g/mol. The van der Waals surface area contributed by atoms with E-state index < -0.39 is 6.36 Å². The predicted octanol–water partition coefficient (Wildman–Crippen LogP) is 5.14. The van der Waals surface area contributed by atoms with E-state index in [-0.39, 0.29) is 5.75 Å². The molecule has 2 aromatic rings. The Hall–Kier alpha value is -2.17. The van der Waals surface area contributed by atoms with Crippen LogP contribution in [0.3, 0.4) is 0 Å². The summed E-state index contributed by atoms with van der Waals surface area (Å²) < 4.78 is 45.7. The van der Waals surface area contributed by atoms with Crippen molar-refractivity contribution in [2.45, 2.75) is 19.2 Å². The number of aryl methyl sites for hydroxylation is 1. The topological polar surface area (TPSA) is 18.5 Å². The Morgan fingerprint density at radius 2 is 1.52 bits per heavy atom. The predicted molar refractivity (Wildman–Crippen MR) is 73.3 cm³/mol. The molecule has 0 spiro atoms. The van der Waals surface area contributed by atoms with Crippen LogP contribution in [-0.4, -0.2) is 6.36 Å². The number of hydrogen-bond acceptors (Lipinski definition) is 2. The zero-order valence-corrected chi connectivity index (χ0v) is 11.2. The molecule has 2 rings (SSSR count). The van der Waals surface area contributed by atoms with Gasteiger partial charge in [-0.05, 0) is 48.7 Å². The lowest BCUT2D eigenvalue weighted by Crippen LogP contribution is -2.16. The highest BCUT2D eigenvalue weighted by atomic mass is 19.4. The molecule has 2 nitrogen and oxygen atoms in total. The van der Waals surface area contributed by atoms with E-state index in [2.05, 4.69) is 11.7 Å². The summed E-state index contributed by atoms with van der Waals surface area (Å²) in [5, 5.41) is 0. The largest absolute Gasteiger partial charge is 0.573 e. The standard InChI is InChI=1S/C16H14F3O2/c1-2-5-12-6-3-4-7-15(12)20-13-8-10-14(11-9-13)21-16(17,18)19/h3-4,6-11H,1-2,5H2. The van der Waals surface area contributed by atoms with Crippen LogP contribution in [-0.2, 0) is 6.42 Å². The van der Waals surface area contributed by atoms with Crippen LogP contribution in [0.2, 0.25) is 0 Å². The first kappa shape index (κ1) is 15.2. The van der Waals surface area contributed by atoms with Gasteiger partial charge in [0.05, 0.1) is 0 Å². The van der Waals surface area contributed by atoms with Crippen molar-refractivity contribution in [3.05, 3.63) is 61.0 Å². The molecule has 0 N–H and O–H groups in total. The van der Waals surface area contributed by atoms with E-state index in [0.717, 1.165) is 18.4 Å². The second kappa shape index (κ2) is 6.52. The van der Waals surface area contributed by atoms with Gasteiger partial charge in [-0.3, -0.25) is 0 Å². The van der Waals surface area contributed by atoms with E-state index in [1.807, 2.05) is 24.3 Å². The first-order chi connectivity index (χ1) is 9.98. The Balaban J connectivity index is 2.10. The Morgan fingerprint density at radius 3 is 2.14 bits per heavy atom. The van der Waals surface area contributed by atoms with E-state index in [1.54, 1.807) is 0 Å². The highest BCUT2D eigenvalue weighted by Crippen LogP contribution is 2.29. The molecule has 0 aliphatic rings. The molecule has 0 saturated carbocycles. The number of rotatable bonds is 5. The third-order valence-corrected chi connectivity index (χ3v) is 2.70. The second-order valence-corrected chi connectivity index (χ2v) is 4.33. The second-order valence-electron chi connectivity index (χ2n) is 4.33. The average Bonchev–Trinajstić information content (AvgIpc) is 2.42. The van der Waals surface area contributed by atoms with Crippen molar-refractivity contribution in [3.8, 4) is 17.2 Å². The molecule has 0 unspecified atom stereocenters. The maximum absolute atomic E-state index is 12.1. The van der Waals surface area contributed by atoms with Crippen molar-refractivity contribution in [1.82, 2.24) is 0 Å². The Kier molecular flexibility index (Phi) is 4.73. The van der Waals surface area contributed by atoms with Crippen molar-refractivity contribution in [3.63, 3.8) is 0 Å². The molecule has 21 heavy (non-hydrogen) atoms. The average molecular weight is 295 g/mol. The van der Waals surface area contributed by atoms with Crippen molar-refractivity contribution >= 4 is 0 Å². The summed E-state index contributed by atoms with van der Waals surface area (Å²) in [5.41, 5.74) is 1.00. The van der Waals surface area contributed by atoms with Gasteiger partial charge in [0.2, 0.25) is 0 Å². The van der Waals surface area contributed by atoms with Gasteiger partial charge in [0.15, 0.2) is 0 Å². The summed E-state index contributed by atoms with van der Waals surface area (Å²) >= 11 is 0. The molecule has 0 aliphatic carbocycles. The Labute approximate surface area is 121 Å². The van der Waals surface area contributed by atoms with Gasteiger partial charge in [-0.2, -0.15) is 0 Å². The van der Waals surface area contributed by atoms with E-state index in [1.165, 1.54) is 24.3 Å². The molecule has 2 aromatic carbocycles. The molecule has 0 aromatic heterocycles. The first-order valence-electron chi connectivity index (χ1n) is 6.39. The quantitative estimate of drug-likeness (QED) is 0.760. The number of para-hydroxylation sites is 1. The highest BCUT2D eigenvalue weighted by Gasteiger charge is 2.30. The van der Waals surface area contributed by atoms with Gasteiger partial charge >= 0.3 is 6.36 Å². The fourth-order valence-corrected chi connectivity index (χ4v) is 1.84. The summed E-state index contributed by atoms with van der Waals surface area (Å²) in [6.07, 6.45) is -3.19. The molecule has 0 atom stereocenters. The van der Waals surface area contributed by atoms with E-state index in [0.29, 0.717) is 11.5 Å². The van der Waals surface area contributed by atoms with Gasteiger partial charge in [0.1, 0.15) is 17.2 Å². The van der Waals surface area contributed by atoms with Gasteiger partial charge in [-0.25, -0.2) is 0 Å². The van der Waals surface area contributed by atoms with Crippen molar-refractivity contribution in [1.29, 1.82) is 0 Å². The minimum absolute atomic E-state index is 0.277. The fraction of sp³-hybridized carbons (Fsp3) is 0.188. The fourth-order valence-electron chi connectivity index (χ4n) is 1.84. The van der Waals surface area contributed by atoms with Gasteiger partial charge in [0.25, 0.3) is 0 Å². The third kappa shape index (κ3) is 4.70. The molecule has 0 bridgehead atoms. The van der Waals surface area contributed by atoms with Gasteiger partial charge in [0, 0.05) is 0 Å². The van der Waals surface area contributed by atoms with Gasteiger partial charge in [-0.1, -0.05) is 25.1 Å². The maximum Gasteiger partial charge on any atom is 0.573 e. The number of alkyl halides is 3. The Bertz CT molecular complexity index is 577. The van der Waals surface area contributed by atoms with Crippen LogP contribution in [0.1, 0.15) is 12.0 Å². The van der Waals surface area contributed by atoms with E-state index in [4.69, 9.17) is 4.74 Å². The van der Waals surface area contributed by atoms with Crippen LogP contribution >= 0.6 is 0 Å². The molecule has 1 radical (unpaired) electrons. The summed E-state index contributed by atoms with van der Waals surface area (Å²) in [5.74, 6) is 0.840. The number of ether oxygens (including phenoxy) is 2. The monoisotopic (exact) mass is 295 g/mol. The number of benzene rings is 2. The summed E-state index contributed by atoms with van der Waals surface area (Å²) in [4.78, 5) is 0.